The third kappa shape index (κ3) is 6.15. The van der Waals surface area contributed by atoms with E-state index < -0.39 is 77.3 Å². The molecule has 6 heterocycles. The van der Waals surface area contributed by atoms with E-state index in [2.05, 4.69) is 34.4 Å². The van der Waals surface area contributed by atoms with Crippen LogP contribution in [0.3, 0.4) is 0 Å². The Morgan fingerprint density at radius 2 is 1.67 bits per heavy atom. The number of fused-ring (bicyclic) bond motifs is 2. The van der Waals surface area contributed by atoms with E-state index in [1.165, 1.54) is 15.5 Å². The number of nitrogen functional groups attached to an aromatic ring is 2. The zero-order valence-corrected chi connectivity index (χ0v) is 25.1. The number of nitrogens with one attached hydrogen (secondary N) is 1. The summed E-state index contributed by atoms with van der Waals surface area (Å²) in [4.78, 5) is 54.1. The van der Waals surface area contributed by atoms with Crippen LogP contribution in [0.5, 0.6) is 0 Å². The Labute approximate surface area is 256 Å². The third-order valence-corrected chi connectivity index (χ3v) is 8.75. The van der Waals surface area contributed by atoms with E-state index >= 15 is 0 Å². The van der Waals surface area contributed by atoms with E-state index in [1.807, 2.05) is 0 Å². The summed E-state index contributed by atoms with van der Waals surface area (Å²) in [7, 11) is -8.40. The van der Waals surface area contributed by atoms with Crippen molar-refractivity contribution in [2.45, 2.75) is 55.5 Å². The van der Waals surface area contributed by atoms with Gasteiger partial charge >= 0.3 is 16.1 Å². The molecule has 0 saturated carbocycles. The average Bonchev–Trinajstić information content (AvgIpc) is 3.74. The lowest BCUT2D eigenvalue weighted by molar-refractivity contribution is -0.0600. The molecule has 0 radical (unpaired) electrons. The maximum Gasteiger partial charge on any atom is 0.472 e. The van der Waals surface area contributed by atoms with Crippen LogP contribution in [-0.4, -0.2) is 114 Å². The monoisotopic (exact) mass is 690 g/mol. The molecule has 0 aromatic carbocycles. The molecule has 0 amide bonds. The number of hydrogen-bond donors (Lipinski definition) is 8. The highest BCUT2D eigenvalue weighted by Crippen LogP contribution is 2.50. The molecule has 2 fully saturated rings. The van der Waals surface area contributed by atoms with Crippen LogP contribution in [0.15, 0.2) is 23.8 Å². The number of aliphatic hydroxyl groups excluding tert-OH is 3. The van der Waals surface area contributed by atoms with Gasteiger partial charge in [0.1, 0.15) is 36.0 Å². The lowest BCUT2D eigenvalue weighted by atomic mass is 10.1. The number of aromatic nitrogens is 8. The van der Waals surface area contributed by atoms with Gasteiger partial charge in [-0.3, -0.25) is 27.5 Å². The molecule has 0 spiro atoms. The Hall–Kier alpha value is -3.44. The number of rotatable bonds is 11. The Kier molecular flexibility index (Phi) is 8.93. The lowest BCUT2D eigenvalue weighted by Gasteiger charge is -2.25. The summed E-state index contributed by atoms with van der Waals surface area (Å²) in [5, 5.41) is 32.3. The van der Waals surface area contributed by atoms with Crippen molar-refractivity contribution >= 4 is 50.2 Å². The molecule has 10 atom stereocenters. The van der Waals surface area contributed by atoms with Gasteiger partial charge in [0, 0.05) is 6.42 Å². The SMILES string of the molecule is Nc1nc(N)c2ncn([C@@H]3O[C@H](COP(=O)(O)O[C@@H]4[C@H](O)[C@@H](CCO[PH](=O)O)O[C@H]4n4cnc5c(=O)[nH]cnc54)[C@@H](O)[C@H]3O)c2n1. The van der Waals surface area contributed by atoms with Gasteiger partial charge in [0.2, 0.25) is 5.95 Å². The van der Waals surface area contributed by atoms with Crippen molar-refractivity contribution in [3.8, 4) is 0 Å². The summed E-state index contributed by atoms with van der Waals surface area (Å²) >= 11 is 0. The molecule has 46 heavy (non-hydrogen) atoms. The average molecular weight is 690 g/mol. The highest BCUT2D eigenvalue weighted by atomic mass is 31.2. The summed E-state index contributed by atoms with van der Waals surface area (Å²) in [6.07, 6.45) is -8.39. The number of imidazole rings is 2. The predicted octanol–water partition coefficient (Wildman–Crippen LogP) is -2.71. The second-order valence-corrected chi connectivity index (χ2v) is 12.4. The van der Waals surface area contributed by atoms with Gasteiger partial charge in [-0.2, -0.15) is 9.97 Å². The number of phosphoric ester groups is 1. The van der Waals surface area contributed by atoms with Crippen LogP contribution in [0.25, 0.3) is 22.3 Å². The van der Waals surface area contributed by atoms with E-state index in [-0.39, 0.29) is 47.1 Å². The second-order valence-electron chi connectivity index (χ2n) is 10.2. The fourth-order valence-corrected chi connectivity index (χ4v) is 6.42. The van der Waals surface area contributed by atoms with E-state index in [9.17, 15) is 34.1 Å². The standard InChI is InChI=1S/C21H28N10O13P2/c22-15-9-17(29-21(23)28-15)31(5-26-9)19-13(34)11(32)8(43-19)3-41-46(38,39)44-14-12(33)7(1-2-40-45(36)37)42-20(14)30-6-27-10-16(30)24-4-25-18(10)35/h4-8,11-14,19-20,32-34,45H,1-3H2,(H,36,37)(H,38,39)(H,24,25,35)(H4,22,23,28,29)/t7-,8-,11-,12-,13-,14-,19-,20-/m1/s1. The molecule has 2 saturated heterocycles. The lowest BCUT2D eigenvalue weighted by Crippen LogP contribution is -2.35. The maximum atomic E-state index is 13.2. The fraction of sp³-hybridized carbons (Fsp3) is 0.524. The molecule has 2 unspecified atom stereocenters. The van der Waals surface area contributed by atoms with Crippen molar-refractivity contribution in [2.75, 3.05) is 24.7 Å². The van der Waals surface area contributed by atoms with Crippen LogP contribution in [-0.2, 0) is 32.2 Å². The van der Waals surface area contributed by atoms with E-state index in [0.717, 1.165) is 12.7 Å². The van der Waals surface area contributed by atoms with Gasteiger partial charge in [-0.15, -0.1) is 0 Å². The van der Waals surface area contributed by atoms with E-state index in [1.54, 1.807) is 0 Å². The first kappa shape index (κ1) is 32.5. The topological polar surface area (TPSA) is 341 Å². The predicted molar refractivity (Wildman–Crippen MR) is 151 cm³/mol. The number of aromatic amines is 1. The van der Waals surface area contributed by atoms with E-state index in [4.69, 9.17) is 34.9 Å². The second kappa shape index (κ2) is 12.6. The number of hydrogen-bond acceptors (Lipinski definition) is 18. The molecule has 23 nitrogen and oxygen atoms in total. The van der Waals surface area contributed by atoms with Crippen molar-refractivity contribution < 1.29 is 57.3 Å². The summed E-state index contributed by atoms with van der Waals surface area (Å²) in [6, 6.07) is 0. The van der Waals surface area contributed by atoms with Crippen LogP contribution < -0.4 is 17.0 Å². The minimum Gasteiger partial charge on any atom is -0.387 e. The zero-order valence-electron chi connectivity index (χ0n) is 23.2. The Balaban J connectivity index is 1.18. The molecule has 10 N–H and O–H groups in total. The summed E-state index contributed by atoms with van der Waals surface area (Å²) in [5.74, 6) is -0.214. The zero-order chi connectivity index (χ0) is 32.9. The molecule has 4 aromatic heterocycles. The quantitative estimate of drug-likeness (QED) is 0.0741. The largest absolute Gasteiger partial charge is 0.472 e. The third-order valence-electron chi connectivity index (χ3n) is 7.31. The highest BCUT2D eigenvalue weighted by molar-refractivity contribution is 7.47. The highest BCUT2D eigenvalue weighted by Gasteiger charge is 2.50. The van der Waals surface area contributed by atoms with Crippen LogP contribution in [0, 0.1) is 0 Å². The van der Waals surface area contributed by atoms with Gasteiger partial charge in [0.15, 0.2) is 35.1 Å². The first-order valence-corrected chi connectivity index (χ1v) is 16.1. The Bertz CT molecular complexity index is 1870. The molecule has 4 aromatic rings. The summed E-state index contributed by atoms with van der Waals surface area (Å²) < 4.78 is 53.2. The number of phosphoric acid groups is 1. The van der Waals surface area contributed by atoms with Gasteiger partial charge in [0.05, 0.1) is 38.3 Å². The van der Waals surface area contributed by atoms with Crippen LogP contribution in [0.4, 0.5) is 11.8 Å². The Morgan fingerprint density at radius 3 is 2.41 bits per heavy atom. The van der Waals surface area contributed by atoms with E-state index in [0.29, 0.717) is 0 Å². The molecule has 0 bridgehead atoms. The normalized spacial score (nSPS) is 30.3. The molecule has 6 rings (SSSR count). The van der Waals surface area contributed by atoms with Crippen LogP contribution in [0.1, 0.15) is 18.9 Å². The number of H-pyrrole nitrogens is 1. The number of anilines is 2. The number of nitrogens with zero attached hydrogens (tertiary/aromatic N) is 7. The fourth-order valence-electron chi connectivity index (χ4n) is 5.20. The molecule has 2 aliphatic heterocycles. The van der Waals surface area contributed by atoms with Gasteiger partial charge in [0.25, 0.3) is 5.56 Å². The molecule has 2 aliphatic rings. The van der Waals surface area contributed by atoms with Crippen molar-refractivity contribution in [1.82, 2.24) is 39.0 Å². The smallest absolute Gasteiger partial charge is 0.387 e. The number of aliphatic hydroxyl groups is 3. The molecule has 0 aliphatic carbocycles. The van der Waals surface area contributed by atoms with Gasteiger partial charge in [-0.05, 0) is 0 Å². The van der Waals surface area contributed by atoms with Crippen molar-refractivity contribution in [2.24, 2.45) is 0 Å². The first-order chi connectivity index (χ1) is 21.8. The number of nitrogens with two attached hydrogens (primary N) is 2. The Morgan fingerprint density at radius 1 is 0.978 bits per heavy atom. The summed E-state index contributed by atoms with van der Waals surface area (Å²) in [5.41, 5.74) is 11.0. The molecular weight excluding hydrogens is 662 g/mol. The van der Waals surface area contributed by atoms with Gasteiger partial charge in [-0.1, -0.05) is 0 Å². The number of ether oxygens (including phenoxy) is 2. The van der Waals surface area contributed by atoms with Crippen molar-refractivity contribution in [3.63, 3.8) is 0 Å². The van der Waals surface area contributed by atoms with Gasteiger partial charge < -0.3 is 55.6 Å². The van der Waals surface area contributed by atoms with Crippen molar-refractivity contribution in [1.29, 1.82) is 0 Å². The molecule has 250 valence electrons. The first-order valence-electron chi connectivity index (χ1n) is 13.4. The molecular formula is C21H28N10O13P2. The maximum absolute atomic E-state index is 13.2. The van der Waals surface area contributed by atoms with Crippen LogP contribution >= 0.6 is 16.1 Å². The molecule has 25 heteroatoms. The summed E-state index contributed by atoms with van der Waals surface area (Å²) in [6.45, 7) is -1.10. The minimum atomic E-state index is -5.11. The minimum absolute atomic E-state index is 0.0103. The van der Waals surface area contributed by atoms with Crippen LogP contribution in [0.2, 0.25) is 0 Å². The van der Waals surface area contributed by atoms with Gasteiger partial charge in [-0.25, -0.2) is 19.5 Å². The van der Waals surface area contributed by atoms with Crippen molar-refractivity contribution in [3.05, 3.63) is 29.3 Å².